The summed E-state index contributed by atoms with van der Waals surface area (Å²) in [5.74, 6) is 1.55. The second kappa shape index (κ2) is 5.31. The van der Waals surface area contributed by atoms with Crippen molar-refractivity contribution in [3.63, 3.8) is 0 Å². The maximum absolute atomic E-state index is 5.80. The predicted octanol–water partition coefficient (Wildman–Crippen LogP) is 3.20. The number of hydrogen-bond donors (Lipinski definition) is 1. The number of hydrogen-bond acceptors (Lipinski definition) is 3. The molecule has 0 fully saturated rings. The van der Waals surface area contributed by atoms with Crippen molar-refractivity contribution in [3.05, 3.63) is 16.5 Å². The fraction of sp³-hybridized carbons (Fsp3) is 0.636. The molecule has 1 rings (SSSR count). The van der Waals surface area contributed by atoms with Gasteiger partial charge in [0, 0.05) is 17.8 Å². The van der Waals surface area contributed by atoms with Gasteiger partial charge in [0.05, 0.1) is 0 Å². The van der Waals surface area contributed by atoms with Gasteiger partial charge in [-0.05, 0) is 37.8 Å². The van der Waals surface area contributed by atoms with Crippen molar-refractivity contribution in [2.24, 2.45) is 5.92 Å². The van der Waals surface area contributed by atoms with Crippen LogP contribution in [0.2, 0.25) is 5.28 Å². The zero-order chi connectivity index (χ0) is 11.4. The Balaban J connectivity index is 2.68. The molecule has 0 unspecified atom stereocenters. The minimum atomic E-state index is 0.310. The monoisotopic (exact) mass is 227 g/mol. The number of nitrogens with zero attached hydrogens (tertiary/aromatic N) is 2. The molecule has 1 N–H and O–H groups in total. The summed E-state index contributed by atoms with van der Waals surface area (Å²) < 4.78 is 0. The molecule has 84 valence electrons. The van der Waals surface area contributed by atoms with Crippen molar-refractivity contribution in [1.29, 1.82) is 0 Å². The van der Waals surface area contributed by atoms with E-state index in [1.54, 1.807) is 0 Å². The lowest BCUT2D eigenvalue weighted by molar-refractivity contribution is 0.606. The molecule has 3 nitrogen and oxygen atoms in total. The Labute approximate surface area is 96.3 Å². The Morgan fingerprint density at radius 3 is 2.53 bits per heavy atom. The molecule has 1 aromatic heterocycles. The smallest absolute Gasteiger partial charge is 0.224 e. The molecule has 0 aliphatic heterocycles. The standard InChI is InChI=1S/C11H18ClN3/c1-7(2)5-6-13-10-8(3)9(4)14-11(12)15-10/h7H,5-6H2,1-4H3,(H,13,14,15). The Kier molecular flexibility index (Phi) is 4.33. The first-order valence-corrected chi connectivity index (χ1v) is 5.63. The van der Waals surface area contributed by atoms with Crippen LogP contribution in [0.4, 0.5) is 5.82 Å². The van der Waals surface area contributed by atoms with Crippen molar-refractivity contribution >= 4 is 17.4 Å². The number of rotatable bonds is 4. The zero-order valence-corrected chi connectivity index (χ0v) is 10.5. The van der Waals surface area contributed by atoms with E-state index in [2.05, 4.69) is 29.1 Å². The van der Waals surface area contributed by atoms with E-state index in [1.807, 2.05) is 13.8 Å². The van der Waals surface area contributed by atoms with Crippen LogP contribution in [0, 0.1) is 19.8 Å². The van der Waals surface area contributed by atoms with Gasteiger partial charge in [-0.2, -0.15) is 0 Å². The van der Waals surface area contributed by atoms with E-state index in [9.17, 15) is 0 Å². The topological polar surface area (TPSA) is 37.8 Å². The first kappa shape index (κ1) is 12.2. The largest absolute Gasteiger partial charge is 0.370 e. The summed E-state index contributed by atoms with van der Waals surface area (Å²) in [4.78, 5) is 8.26. The zero-order valence-electron chi connectivity index (χ0n) is 9.76. The molecule has 0 spiro atoms. The second-order valence-electron chi connectivity index (χ2n) is 4.16. The van der Waals surface area contributed by atoms with Crippen LogP contribution in [0.5, 0.6) is 0 Å². The van der Waals surface area contributed by atoms with Gasteiger partial charge in [0.2, 0.25) is 5.28 Å². The SMILES string of the molecule is Cc1nc(Cl)nc(NCCC(C)C)c1C. The molecule has 0 amide bonds. The van der Waals surface area contributed by atoms with Crippen molar-refractivity contribution in [2.75, 3.05) is 11.9 Å². The lowest BCUT2D eigenvalue weighted by Gasteiger charge is -2.11. The lowest BCUT2D eigenvalue weighted by Crippen LogP contribution is -2.09. The van der Waals surface area contributed by atoms with Gasteiger partial charge in [0.1, 0.15) is 5.82 Å². The van der Waals surface area contributed by atoms with Crippen LogP contribution in [0.15, 0.2) is 0 Å². The summed E-state index contributed by atoms with van der Waals surface area (Å²) in [5.41, 5.74) is 2.00. The minimum Gasteiger partial charge on any atom is -0.370 e. The van der Waals surface area contributed by atoms with Gasteiger partial charge in [0.15, 0.2) is 0 Å². The van der Waals surface area contributed by atoms with Gasteiger partial charge < -0.3 is 5.32 Å². The molecule has 1 heterocycles. The average molecular weight is 228 g/mol. The van der Waals surface area contributed by atoms with Crippen molar-refractivity contribution < 1.29 is 0 Å². The molecule has 0 aliphatic carbocycles. The van der Waals surface area contributed by atoms with E-state index in [1.165, 1.54) is 0 Å². The molecule has 4 heteroatoms. The minimum absolute atomic E-state index is 0.310. The molecule has 0 atom stereocenters. The van der Waals surface area contributed by atoms with Crippen LogP contribution in [-0.4, -0.2) is 16.5 Å². The number of halogens is 1. The normalized spacial score (nSPS) is 10.8. The van der Waals surface area contributed by atoms with Crippen LogP contribution in [0.1, 0.15) is 31.5 Å². The predicted molar refractivity (Wildman–Crippen MR) is 64.5 cm³/mol. The summed E-state index contributed by atoms with van der Waals surface area (Å²) in [5, 5.41) is 3.60. The molecular formula is C11H18ClN3. The van der Waals surface area contributed by atoms with Crippen molar-refractivity contribution in [3.8, 4) is 0 Å². The van der Waals surface area contributed by atoms with Gasteiger partial charge in [-0.25, -0.2) is 9.97 Å². The quantitative estimate of drug-likeness (QED) is 0.803. The Hall–Kier alpha value is -0.830. The Morgan fingerprint density at radius 2 is 1.93 bits per heavy atom. The maximum Gasteiger partial charge on any atom is 0.224 e. The molecule has 0 saturated heterocycles. The summed E-state index contributed by atoms with van der Waals surface area (Å²) >= 11 is 5.80. The van der Waals surface area contributed by atoms with Crippen LogP contribution in [0.3, 0.4) is 0 Å². The van der Waals surface area contributed by atoms with Gasteiger partial charge in [-0.15, -0.1) is 0 Å². The summed E-state index contributed by atoms with van der Waals surface area (Å²) in [6.45, 7) is 9.27. The highest BCUT2D eigenvalue weighted by Crippen LogP contribution is 2.17. The third-order valence-corrected chi connectivity index (χ3v) is 2.55. The van der Waals surface area contributed by atoms with Gasteiger partial charge in [-0.1, -0.05) is 13.8 Å². The van der Waals surface area contributed by atoms with E-state index >= 15 is 0 Å². The van der Waals surface area contributed by atoms with Gasteiger partial charge in [0.25, 0.3) is 0 Å². The van der Waals surface area contributed by atoms with Crippen LogP contribution >= 0.6 is 11.6 Å². The molecule has 15 heavy (non-hydrogen) atoms. The van der Waals surface area contributed by atoms with Crippen LogP contribution < -0.4 is 5.32 Å². The van der Waals surface area contributed by atoms with E-state index in [0.29, 0.717) is 11.2 Å². The number of anilines is 1. The molecule has 0 saturated carbocycles. The highest BCUT2D eigenvalue weighted by Gasteiger charge is 2.06. The first-order chi connectivity index (χ1) is 7.00. The van der Waals surface area contributed by atoms with E-state index in [4.69, 9.17) is 11.6 Å². The van der Waals surface area contributed by atoms with Crippen molar-refractivity contribution in [1.82, 2.24) is 9.97 Å². The maximum atomic E-state index is 5.80. The highest BCUT2D eigenvalue weighted by atomic mass is 35.5. The number of nitrogens with one attached hydrogen (secondary N) is 1. The summed E-state index contributed by atoms with van der Waals surface area (Å²) in [6, 6.07) is 0. The van der Waals surface area contributed by atoms with Crippen LogP contribution in [-0.2, 0) is 0 Å². The second-order valence-corrected chi connectivity index (χ2v) is 4.50. The average Bonchev–Trinajstić information content (AvgIpc) is 2.12. The molecule has 0 aromatic carbocycles. The Bertz CT molecular complexity index is 337. The van der Waals surface area contributed by atoms with E-state index in [-0.39, 0.29) is 0 Å². The fourth-order valence-corrected chi connectivity index (χ4v) is 1.46. The molecule has 1 aromatic rings. The van der Waals surface area contributed by atoms with Gasteiger partial charge in [-0.3, -0.25) is 0 Å². The molecule has 0 aliphatic rings. The number of aromatic nitrogens is 2. The Morgan fingerprint density at radius 1 is 1.27 bits per heavy atom. The third-order valence-electron chi connectivity index (χ3n) is 2.38. The van der Waals surface area contributed by atoms with Crippen molar-refractivity contribution in [2.45, 2.75) is 34.1 Å². The third kappa shape index (κ3) is 3.67. The summed E-state index contributed by atoms with van der Waals surface area (Å²) in [6.07, 6.45) is 1.13. The molecule has 0 radical (unpaired) electrons. The van der Waals surface area contributed by atoms with E-state index < -0.39 is 0 Å². The van der Waals surface area contributed by atoms with Gasteiger partial charge >= 0.3 is 0 Å². The summed E-state index contributed by atoms with van der Waals surface area (Å²) in [7, 11) is 0. The fourth-order valence-electron chi connectivity index (χ4n) is 1.25. The lowest BCUT2D eigenvalue weighted by atomic mass is 10.1. The highest BCUT2D eigenvalue weighted by molar-refractivity contribution is 6.28. The molecule has 0 bridgehead atoms. The van der Waals surface area contributed by atoms with E-state index in [0.717, 1.165) is 30.0 Å². The molecular weight excluding hydrogens is 210 g/mol. The first-order valence-electron chi connectivity index (χ1n) is 5.25. The van der Waals surface area contributed by atoms with Crippen LogP contribution in [0.25, 0.3) is 0 Å². The number of aryl methyl sites for hydroxylation is 1.